The van der Waals surface area contributed by atoms with Crippen LogP contribution in [0.25, 0.3) is 16.8 Å². The van der Waals surface area contributed by atoms with Gasteiger partial charge in [-0.15, -0.1) is 0 Å². The molecule has 0 radical (unpaired) electrons. The number of carbonyl (C=O) groups excluding carboxylic acids is 1. The molecule has 0 atom stereocenters. The van der Waals surface area contributed by atoms with E-state index in [4.69, 9.17) is 9.15 Å². The van der Waals surface area contributed by atoms with Crippen molar-refractivity contribution in [2.24, 2.45) is 0 Å². The summed E-state index contributed by atoms with van der Waals surface area (Å²) in [5.41, 5.74) is 1.69. The second-order valence-electron chi connectivity index (χ2n) is 6.55. The Morgan fingerprint density at radius 1 is 1.03 bits per heavy atom. The van der Waals surface area contributed by atoms with Crippen molar-refractivity contribution in [3.8, 4) is 22.6 Å². The smallest absolute Gasteiger partial charge is 0.292 e. The maximum Gasteiger partial charge on any atom is 0.292 e. The van der Waals surface area contributed by atoms with Crippen LogP contribution < -0.4 is 15.5 Å². The number of amides is 1. The molecule has 2 aromatic carbocycles. The van der Waals surface area contributed by atoms with E-state index in [1.165, 1.54) is 6.26 Å². The Bertz CT molecular complexity index is 1230. The molecular weight excluding hydrogens is 382 g/mol. The molecule has 7 heteroatoms. The Hall–Kier alpha value is -4.13. The Balaban J connectivity index is 1.95. The third-order valence-corrected chi connectivity index (χ3v) is 4.61. The van der Waals surface area contributed by atoms with Gasteiger partial charge < -0.3 is 14.5 Å². The van der Waals surface area contributed by atoms with Crippen molar-refractivity contribution in [2.45, 2.75) is 6.92 Å². The first-order chi connectivity index (χ1) is 14.6. The fourth-order valence-corrected chi connectivity index (χ4v) is 3.11. The molecule has 30 heavy (non-hydrogen) atoms. The van der Waals surface area contributed by atoms with Gasteiger partial charge in [0.1, 0.15) is 17.3 Å². The molecule has 0 fully saturated rings. The minimum atomic E-state index is -0.482. The van der Waals surface area contributed by atoms with Gasteiger partial charge in [0.05, 0.1) is 24.6 Å². The van der Waals surface area contributed by atoms with Crippen molar-refractivity contribution >= 4 is 11.7 Å². The normalized spacial score (nSPS) is 10.6. The van der Waals surface area contributed by atoms with Crippen molar-refractivity contribution in [3.05, 3.63) is 94.7 Å². The van der Waals surface area contributed by atoms with Crippen LogP contribution in [0, 0.1) is 6.92 Å². The summed E-state index contributed by atoms with van der Waals surface area (Å²) in [6.45, 7) is 1.65. The highest BCUT2D eigenvalue weighted by Gasteiger charge is 2.21. The summed E-state index contributed by atoms with van der Waals surface area (Å²) in [7, 11) is 1.57. The molecule has 2 heterocycles. The van der Waals surface area contributed by atoms with Crippen LogP contribution in [0.4, 0.5) is 5.82 Å². The summed E-state index contributed by atoms with van der Waals surface area (Å²) in [6.07, 6.45) is 1.41. The van der Waals surface area contributed by atoms with Gasteiger partial charge in [0.25, 0.3) is 5.91 Å². The molecule has 0 saturated heterocycles. The third-order valence-electron chi connectivity index (χ3n) is 4.61. The molecule has 1 N–H and O–H groups in total. The molecule has 1 amide bonds. The number of para-hydroxylation sites is 1. The number of carbonyl (C=O) groups is 1. The number of furan rings is 1. The zero-order chi connectivity index (χ0) is 21.1. The number of hydrogen-bond acceptors (Lipinski definition) is 5. The van der Waals surface area contributed by atoms with E-state index in [2.05, 4.69) is 10.4 Å². The maximum atomic E-state index is 13.1. The van der Waals surface area contributed by atoms with Crippen LogP contribution >= 0.6 is 0 Å². The average molecular weight is 401 g/mol. The van der Waals surface area contributed by atoms with Gasteiger partial charge in [-0.3, -0.25) is 9.59 Å². The van der Waals surface area contributed by atoms with Crippen molar-refractivity contribution in [1.82, 2.24) is 9.78 Å². The van der Waals surface area contributed by atoms with E-state index in [0.717, 1.165) is 0 Å². The SMILES string of the molecule is COc1ccc(-c2c(NC(=O)c3ccco3)n(-c3ccccc3)nc(C)c2=O)cc1. The Morgan fingerprint density at radius 2 is 1.77 bits per heavy atom. The van der Waals surface area contributed by atoms with E-state index in [0.29, 0.717) is 28.3 Å². The standard InChI is InChI=1S/C23H19N3O4/c1-15-21(27)20(16-10-12-18(29-2)13-11-16)22(24-23(28)19-9-6-14-30-19)26(25-15)17-7-4-3-5-8-17/h3-14H,1-2H3,(H,24,28). The van der Waals surface area contributed by atoms with Crippen LogP contribution in [0.3, 0.4) is 0 Å². The topological polar surface area (TPSA) is 86.4 Å². The zero-order valence-corrected chi connectivity index (χ0v) is 16.5. The second-order valence-corrected chi connectivity index (χ2v) is 6.55. The quantitative estimate of drug-likeness (QED) is 0.545. The van der Waals surface area contributed by atoms with Crippen molar-refractivity contribution in [2.75, 3.05) is 12.4 Å². The number of rotatable bonds is 5. The van der Waals surface area contributed by atoms with Gasteiger partial charge >= 0.3 is 0 Å². The first-order valence-electron chi connectivity index (χ1n) is 9.27. The predicted octanol–water partition coefficient (Wildman–Crippen LogP) is 4.06. The predicted molar refractivity (Wildman–Crippen MR) is 113 cm³/mol. The highest BCUT2D eigenvalue weighted by Crippen LogP contribution is 2.29. The molecular formula is C23H19N3O4. The van der Waals surface area contributed by atoms with E-state index in [9.17, 15) is 9.59 Å². The number of methoxy groups -OCH3 is 1. The summed E-state index contributed by atoms with van der Waals surface area (Å²) in [6, 6.07) is 19.5. The molecule has 0 unspecified atom stereocenters. The number of nitrogens with one attached hydrogen (secondary N) is 1. The summed E-state index contributed by atoms with van der Waals surface area (Å²) in [4.78, 5) is 25.9. The van der Waals surface area contributed by atoms with Crippen molar-refractivity contribution in [3.63, 3.8) is 0 Å². The van der Waals surface area contributed by atoms with Gasteiger partial charge in [-0.1, -0.05) is 30.3 Å². The number of anilines is 1. The van der Waals surface area contributed by atoms with Crippen molar-refractivity contribution in [1.29, 1.82) is 0 Å². The monoisotopic (exact) mass is 401 g/mol. The first kappa shape index (κ1) is 19.2. The third kappa shape index (κ3) is 3.60. The van der Waals surface area contributed by atoms with Gasteiger partial charge in [-0.2, -0.15) is 5.10 Å². The van der Waals surface area contributed by atoms with E-state index < -0.39 is 5.91 Å². The lowest BCUT2D eigenvalue weighted by molar-refractivity contribution is 0.0996. The number of aromatic nitrogens is 2. The average Bonchev–Trinajstić information content (AvgIpc) is 3.32. The van der Waals surface area contributed by atoms with Gasteiger partial charge in [-0.25, -0.2) is 4.68 Å². The summed E-state index contributed by atoms with van der Waals surface area (Å²) >= 11 is 0. The number of aryl methyl sites for hydroxylation is 1. The molecule has 150 valence electrons. The Kier molecular flexibility index (Phi) is 5.17. The van der Waals surface area contributed by atoms with Gasteiger partial charge in [0.15, 0.2) is 5.76 Å². The van der Waals surface area contributed by atoms with Crippen molar-refractivity contribution < 1.29 is 13.9 Å². The van der Waals surface area contributed by atoms with Crippen LogP contribution in [0.5, 0.6) is 5.75 Å². The lowest BCUT2D eigenvalue weighted by Gasteiger charge is -2.18. The Morgan fingerprint density at radius 3 is 2.40 bits per heavy atom. The highest BCUT2D eigenvalue weighted by molar-refractivity contribution is 6.04. The highest BCUT2D eigenvalue weighted by atomic mass is 16.5. The molecule has 0 aliphatic rings. The van der Waals surface area contributed by atoms with Crippen LogP contribution in [0.2, 0.25) is 0 Å². The maximum absolute atomic E-state index is 13.1. The van der Waals surface area contributed by atoms with E-state index in [1.54, 1.807) is 55.1 Å². The fourth-order valence-electron chi connectivity index (χ4n) is 3.11. The number of benzene rings is 2. The van der Waals surface area contributed by atoms with Crippen LogP contribution in [-0.4, -0.2) is 22.8 Å². The minimum Gasteiger partial charge on any atom is -0.497 e. The van der Waals surface area contributed by atoms with E-state index >= 15 is 0 Å². The number of nitrogens with zero attached hydrogens (tertiary/aromatic N) is 2. The van der Waals surface area contributed by atoms with Gasteiger partial charge in [0, 0.05) is 0 Å². The largest absolute Gasteiger partial charge is 0.497 e. The molecule has 0 aliphatic heterocycles. The fraction of sp³-hybridized carbons (Fsp3) is 0.0870. The summed E-state index contributed by atoms with van der Waals surface area (Å²) in [5, 5.41) is 7.24. The lowest BCUT2D eigenvalue weighted by Crippen LogP contribution is -2.24. The molecule has 0 aliphatic carbocycles. The molecule has 0 saturated carbocycles. The summed E-state index contributed by atoms with van der Waals surface area (Å²) < 4.78 is 12.0. The summed E-state index contributed by atoms with van der Waals surface area (Å²) in [5.74, 6) is 0.560. The second kappa shape index (κ2) is 8.08. The number of hydrogen-bond donors (Lipinski definition) is 1. The molecule has 0 bridgehead atoms. The molecule has 2 aromatic heterocycles. The van der Waals surface area contributed by atoms with E-state index in [-0.39, 0.29) is 17.0 Å². The van der Waals surface area contributed by atoms with Gasteiger partial charge in [-0.05, 0) is 48.9 Å². The zero-order valence-electron chi connectivity index (χ0n) is 16.5. The molecule has 4 aromatic rings. The molecule has 0 spiro atoms. The van der Waals surface area contributed by atoms with Crippen LogP contribution in [0.1, 0.15) is 16.2 Å². The number of ether oxygens (including phenoxy) is 1. The van der Waals surface area contributed by atoms with E-state index in [1.807, 2.05) is 30.3 Å². The molecule has 4 rings (SSSR count). The first-order valence-corrected chi connectivity index (χ1v) is 9.27. The van der Waals surface area contributed by atoms with Crippen LogP contribution in [0.15, 0.2) is 82.2 Å². The molecule has 7 nitrogen and oxygen atoms in total. The Labute approximate surface area is 172 Å². The minimum absolute atomic E-state index is 0.128. The van der Waals surface area contributed by atoms with Gasteiger partial charge in [0.2, 0.25) is 5.43 Å². The lowest BCUT2D eigenvalue weighted by atomic mass is 10.0. The van der Waals surface area contributed by atoms with Crippen LogP contribution in [-0.2, 0) is 0 Å².